The lowest BCUT2D eigenvalue weighted by molar-refractivity contribution is -0.140. The Balaban J connectivity index is 3.19. The summed E-state index contributed by atoms with van der Waals surface area (Å²) in [6.07, 6.45) is 0. The molecular weight excluding hydrogens is 282 g/mol. The molecule has 1 aromatic rings. The van der Waals surface area contributed by atoms with Gasteiger partial charge in [0.1, 0.15) is 13.2 Å². The second-order valence-corrected chi connectivity index (χ2v) is 5.81. The molecule has 0 spiro atoms. The van der Waals surface area contributed by atoms with E-state index >= 15 is 0 Å². The van der Waals surface area contributed by atoms with Crippen molar-refractivity contribution in [2.24, 2.45) is 0 Å². The van der Waals surface area contributed by atoms with Crippen molar-refractivity contribution in [1.29, 1.82) is 0 Å². The summed E-state index contributed by atoms with van der Waals surface area (Å²) < 4.78 is 30.0. The Labute approximate surface area is 118 Å². The quantitative estimate of drug-likeness (QED) is 0.616. The molecule has 0 fully saturated rings. The van der Waals surface area contributed by atoms with E-state index in [4.69, 9.17) is 5.11 Å². The van der Waals surface area contributed by atoms with Crippen molar-refractivity contribution < 1.29 is 23.1 Å². The number of aliphatic hydroxyl groups excluding tert-OH is 1. The molecule has 1 N–H and O–H groups in total. The van der Waals surface area contributed by atoms with E-state index in [-0.39, 0.29) is 23.6 Å². The van der Waals surface area contributed by atoms with Gasteiger partial charge in [0.15, 0.2) is 0 Å². The molecule has 0 saturated heterocycles. The molecule has 0 bridgehead atoms. The normalized spacial score (nSPS) is 10.8. The maximum absolute atomic E-state index is 12.4. The summed E-state index contributed by atoms with van der Waals surface area (Å²) in [7, 11) is -1.39. The van der Waals surface area contributed by atoms with Gasteiger partial charge in [-0.05, 0) is 12.1 Å². The molecule has 0 aromatic heterocycles. The van der Waals surface area contributed by atoms with Crippen LogP contribution < -0.4 is 0 Å². The van der Waals surface area contributed by atoms with Crippen molar-refractivity contribution in [2.45, 2.75) is 4.90 Å². The predicted molar refractivity (Wildman–Crippen MR) is 72.2 cm³/mol. The van der Waals surface area contributed by atoms with E-state index in [1.807, 2.05) is 0 Å². The Kier molecular flexibility index (Phi) is 5.70. The van der Waals surface area contributed by atoms with Gasteiger partial charge in [0, 0.05) is 12.6 Å². The number of nitrogens with zero attached hydrogens (tertiary/aromatic N) is 1. The fourth-order valence-electron chi connectivity index (χ4n) is 1.43. The minimum absolute atomic E-state index is 0.0210. The van der Waals surface area contributed by atoms with E-state index < -0.39 is 16.0 Å². The first-order chi connectivity index (χ1) is 9.43. The zero-order chi connectivity index (χ0) is 15.2. The lowest BCUT2D eigenvalue weighted by Crippen LogP contribution is -2.33. The minimum Gasteiger partial charge on any atom is -0.468 e. The van der Waals surface area contributed by atoms with E-state index in [0.717, 1.165) is 4.31 Å². The zero-order valence-electron chi connectivity index (χ0n) is 11.2. The van der Waals surface area contributed by atoms with Crippen molar-refractivity contribution in [2.75, 3.05) is 27.3 Å². The number of hydrogen-bond donors (Lipinski definition) is 1. The van der Waals surface area contributed by atoms with Crippen LogP contribution in [0.2, 0.25) is 0 Å². The second kappa shape index (κ2) is 7.05. The molecule has 108 valence electrons. The van der Waals surface area contributed by atoms with E-state index in [1.54, 1.807) is 12.1 Å². The predicted octanol–water partition coefficient (Wildman–Crippen LogP) is -0.176. The zero-order valence-corrected chi connectivity index (χ0v) is 12.0. The first-order valence-electron chi connectivity index (χ1n) is 5.65. The summed E-state index contributed by atoms with van der Waals surface area (Å²) >= 11 is 0. The first kappa shape index (κ1) is 16.2. The molecule has 0 aliphatic carbocycles. The van der Waals surface area contributed by atoms with Crippen LogP contribution in [0.5, 0.6) is 0 Å². The van der Waals surface area contributed by atoms with Gasteiger partial charge in [0.2, 0.25) is 10.0 Å². The van der Waals surface area contributed by atoms with E-state index in [2.05, 4.69) is 16.6 Å². The Morgan fingerprint density at radius 2 is 2.05 bits per heavy atom. The van der Waals surface area contributed by atoms with E-state index in [9.17, 15) is 13.2 Å². The molecule has 0 unspecified atom stereocenters. The third kappa shape index (κ3) is 3.81. The summed E-state index contributed by atoms with van der Waals surface area (Å²) in [6, 6.07) is 6.12. The SMILES string of the molecule is COC(=O)CN(C)S(=O)(=O)c1ccccc1C#CCO. The fourth-order valence-corrected chi connectivity index (χ4v) is 2.69. The van der Waals surface area contributed by atoms with Gasteiger partial charge in [-0.2, -0.15) is 4.31 Å². The minimum atomic E-state index is -3.86. The molecule has 0 saturated carbocycles. The van der Waals surface area contributed by atoms with Gasteiger partial charge in [-0.3, -0.25) is 4.79 Å². The highest BCUT2D eigenvalue weighted by Crippen LogP contribution is 2.18. The number of esters is 1. The van der Waals surface area contributed by atoms with Gasteiger partial charge >= 0.3 is 5.97 Å². The Morgan fingerprint density at radius 3 is 2.65 bits per heavy atom. The molecular formula is C13H15NO5S. The van der Waals surface area contributed by atoms with Crippen LogP contribution in [-0.2, 0) is 19.6 Å². The lowest BCUT2D eigenvalue weighted by Gasteiger charge is -2.16. The maximum atomic E-state index is 12.4. The van der Waals surface area contributed by atoms with Gasteiger partial charge in [-0.15, -0.1) is 0 Å². The molecule has 1 aromatic carbocycles. The number of carbonyl (C=O) groups excluding carboxylic acids is 1. The summed E-state index contributed by atoms with van der Waals surface area (Å²) in [4.78, 5) is 11.1. The van der Waals surface area contributed by atoms with Gasteiger partial charge < -0.3 is 9.84 Å². The van der Waals surface area contributed by atoms with Crippen molar-refractivity contribution >= 4 is 16.0 Å². The van der Waals surface area contributed by atoms with Crippen LogP contribution in [0, 0.1) is 11.8 Å². The average molecular weight is 297 g/mol. The van der Waals surface area contributed by atoms with E-state index in [0.29, 0.717) is 0 Å². The first-order valence-corrected chi connectivity index (χ1v) is 7.09. The number of methoxy groups -OCH3 is 1. The average Bonchev–Trinajstić information content (AvgIpc) is 2.45. The number of likely N-dealkylation sites (N-methyl/N-ethyl adjacent to an activating group) is 1. The Morgan fingerprint density at radius 1 is 1.40 bits per heavy atom. The summed E-state index contributed by atoms with van der Waals surface area (Å²) in [5.41, 5.74) is 0.262. The molecule has 1 rings (SSSR count). The van der Waals surface area contributed by atoms with Crippen molar-refractivity contribution in [1.82, 2.24) is 4.31 Å². The van der Waals surface area contributed by atoms with Crippen LogP contribution in [0.25, 0.3) is 0 Å². The molecule has 0 aliphatic heterocycles. The number of rotatable bonds is 4. The van der Waals surface area contributed by atoms with Crippen molar-refractivity contribution in [3.8, 4) is 11.8 Å². The highest BCUT2D eigenvalue weighted by atomic mass is 32.2. The highest BCUT2D eigenvalue weighted by molar-refractivity contribution is 7.89. The van der Waals surface area contributed by atoms with Crippen LogP contribution in [0.4, 0.5) is 0 Å². The van der Waals surface area contributed by atoms with E-state index in [1.165, 1.54) is 26.3 Å². The topological polar surface area (TPSA) is 83.9 Å². The number of ether oxygens (including phenoxy) is 1. The summed E-state index contributed by atoms with van der Waals surface area (Å²) in [5, 5.41) is 8.69. The Bertz CT molecular complexity index is 642. The smallest absolute Gasteiger partial charge is 0.321 e. The molecule has 6 nitrogen and oxygen atoms in total. The maximum Gasteiger partial charge on any atom is 0.321 e. The second-order valence-electron chi connectivity index (χ2n) is 3.79. The van der Waals surface area contributed by atoms with Crippen LogP contribution in [0.1, 0.15) is 5.56 Å². The molecule has 0 amide bonds. The van der Waals surface area contributed by atoms with Gasteiger partial charge in [-0.1, -0.05) is 24.0 Å². The van der Waals surface area contributed by atoms with Crippen LogP contribution in [0.15, 0.2) is 29.2 Å². The van der Waals surface area contributed by atoms with Crippen LogP contribution >= 0.6 is 0 Å². The van der Waals surface area contributed by atoms with Crippen molar-refractivity contribution in [3.05, 3.63) is 29.8 Å². The van der Waals surface area contributed by atoms with Crippen LogP contribution in [-0.4, -0.2) is 51.1 Å². The Hall–Kier alpha value is -1.88. The van der Waals surface area contributed by atoms with Crippen LogP contribution in [0.3, 0.4) is 0 Å². The third-order valence-electron chi connectivity index (χ3n) is 2.46. The van der Waals surface area contributed by atoms with Crippen molar-refractivity contribution in [3.63, 3.8) is 0 Å². The van der Waals surface area contributed by atoms with Gasteiger partial charge in [-0.25, -0.2) is 8.42 Å². The number of sulfonamides is 1. The number of benzene rings is 1. The highest BCUT2D eigenvalue weighted by Gasteiger charge is 2.25. The molecule has 0 atom stereocenters. The third-order valence-corrected chi connectivity index (χ3v) is 4.32. The summed E-state index contributed by atoms with van der Waals surface area (Å²) in [5.74, 6) is 4.31. The molecule has 20 heavy (non-hydrogen) atoms. The number of hydrogen-bond acceptors (Lipinski definition) is 5. The lowest BCUT2D eigenvalue weighted by atomic mass is 10.2. The molecule has 0 aliphatic rings. The fraction of sp³-hybridized carbons (Fsp3) is 0.308. The molecule has 0 radical (unpaired) electrons. The largest absolute Gasteiger partial charge is 0.468 e. The molecule has 7 heteroatoms. The summed E-state index contributed by atoms with van der Waals surface area (Å²) in [6.45, 7) is -0.757. The standard InChI is InChI=1S/C13H15NO5S/c1-14(10-13(16)19-2)20(17,18)12-8-4-3-6-11(12)7-5-9-15/h3-4,6,8,15H,9-10H2,1-2H3. The molecule has 0 heterocycles. The van der Waals surface area contributed by atoms with Gasteiger partial charge in [0.25, 0.3) is 0 Å². The van der Waals surface area contributed by atoms with Gasteiger partial charge in [0.05, 0.1) is 12.0 Å². The number of aliphatic hydroxyl groups is 1. The number of carbonyl (C=O) groups is 1. The monoisotopic (exact) mass is 297 g/mol.